The molecular weight excluding hydrogens is 200 g/mol. The van der Waals surface area contributed by atoms with Crippen LogP contribution >= 0.6 is 0 Å². The lowest BCUT2D eigenvalue weighted by atomic mass is 10.2. The van der Waals surface area contributed by atoms with E-state index in [0.29, 0.717) is 5.39 Å². The second-order valence-electron chi connectivity index (χ2n) is 2.88. The van der Waals surface area contributed by atoms with E-state index in [2.05, 4.69) is 4.98 Å². The van der Waals surface area contributed by atoms with Crippen molar-refractivity contribution in [3.63, 3.8) is 0 Å². The first kappa shape index (κ1) is 9.11. The summed E-state index contributed by atoms with van der Waals surface area (Å²) in [5, 5.41) is 6.32. The molecule has 0 atom stereocenters. The predicted octanol–water partition coefficient (Wildman–Crippen LogP) is 0.882. The number of hydrogen-bond acceptors (Lipinski definition) is 3. The van der Waals surface area contributed by atoms with Gasteiger partial charge >= 0.3 is 0 Å². The minimum atomic E-state index is -3.74. The highest BCUT2D eigenvalue weighted by atomic mass is 32.2. The molecule has 0 saturated heterocycles. The standard InChI is InChI=1S/C9H8N2O2S/c10-14(12,13)9-8-4-2-1-3-7(8)5-6-11-9/h1-6H,(H2,10,12,13). The molecule has 0 radical (unpaired) electrons. The Kier molecular flexibility index (Phi) is 1.98. The summed E-state index contributed by atoms with van der Waals surface area (Å²) in [5.74, 6) is 0. The van der Waals surface area contributed by atoms with Gasteiger partial charge in [-0.1, -0.05) is 24.3 Å². The van der Waals surface area contributed by atoms with Gasteiger partial charge in [-0.3, -0.25) is 0 Å². The van der Waals surface area contributed by atoms with Gasteiger partial charge in [-0.15, -0.1) is 0 Å². The van der Waals surface area contributed by atoms with Crippen LogP contribution in [0.4, 0.5) is 0 Å². The molecule has 72 valence electrons. The average Bonchev–Trinajstić information content (AvgIpc) is 2.15. The fourth-order valence-electron chi connectivity index (χ4n) is 1.32. The smallest absolute Gasteiger partial charge is 0.243 e. The van der Waals surface area contributed by atoms with Crippen LogP contribution in [0.2, 0.25) is 0 Å². The first-order valence-electron chi connectivity index (χ1n) is 3.95. The molecule has 5 heteroatoms. The third kappa shape index (κ3) is 1.47. The molecule has 1 aromatic carbocycles. The summed E-state index contributed by atoms with van der Waals surface area (Å²) >= 11 is 0. The van der Waals surface area contributed by atoms with Gasteiger partial charge in [0, 0.05) is 11.6 Å². The Bertz CT molecular complexity index is 573. The van der Waals surface area contributed by atoms with Gasteiger partial charge < -0.3 is 0 Å². The van der Waals surface area contributed by atoms with Gasteiger partial charge in [0.2, 0.25) is 0 Å². The third-order valence-electron chi connectivity index (χ3n) is 1.91. The SMILES string of the molecule is NS(=O)(=O)c1nccc2ccccc12. The van der Waals surface area contributed by atoms with E-state index in [1.165, 1.54) is 6.20 Å². The molecule has 2 rings (SSSR count). The molecule has 1 heterocycles. The van der Waals surface area contributed by atoms with E-state index in [1.807, 2.05) is 12.1 Å². The first-order chi connectivity index (χ1) is 6.59. The number of nitrogens with zero attached hydrogens (tertiary/aromatic N) is 1. The van der Waals surface area contributed by atoms with Crippen LogP contribution in [-0.2, 0) is 10.0 Å². The molecule has 0 aliphatic heterocycles. The van der Waals surface area contributed by atoms with Crippen molar-refractivity contribution < 1.29 is 8.42 Å². The van der Waals surface area contributed by atoms with Crippen molar-refractivity contribution in [3.05, 3.63) is 36.5 Å². The highest BCUT2D eigenvalue weighted by Crippen LogP contribution is 2.18. The van der Waals surface area contributed by atoms with Crippen LogP contribution in [0, 0.1) is 0 Å². The van der Waals surface area contributed by atoms with Crippen molar-refractivity contribution in [2.45, 2.75) is 5.03 Å². The normalized spacial score (nSPS) is 11.8. The lowest BCUT2D eigenvalue weighted by molar-refractivity contribution is 0.595. The molecule has 2 N–H and O–H groups in total. The van der Waals surface area contributed by atoms with Crippen LogP contribution in [0.5, 0.6) is 0 Å². The van der Waals surface area contributed by atoms with Crippen LogP contribution in [0.25, 0.3) is 10.8 Å². The molecule has 2 aromatic rings. The maximum absolute atomic E-state index is 11.2. The zero-order valence-electron chi connectivity index (χ0n) is 7.21. The molecule has 0 fully saturated rings. The minimum Gasteiger partial charge on any atom is -0.243 e. The van der Waals surface area contributed by atoms with E-state index in [9.17, 15) is 8.42 Å². The van der Waals surface area contributed by atoms with Gasteiger partial charge in [0.1, 0.15) is 0 Å². The van der Waals surface area contributed by atoms with E-state index in [4.69, 9.17) is 5.14 Å². The van der Waals surface area contributed by atoms with Gasteiger partial charge in [0.25, 0.3) is 10.0 Å². The number of benzene rings is 1. The number of nitrogens with two attached hydrogens (primary N) is 1. The summed E-state index contributed by atoms with van der Waals surface area (Å²) in [7, 11) is -3.74. The summed E-state index contributed by atoms with van der Waals surface area (Å²) < 4.78 is 22.3. The maximum atomic E-state index is 11.2. The number of sulfonamides is 1. The van der Waals surface area contributed by atoms with Gasteiger partial charge in [0.05, 0.1) is 0 Å². The second kappa shape index (κ2) is 3.04. The zero-order chi connectivity index (χ0) is 10.2. The maximum Gasteiger partial charge on any atom is 0.256 e. The van der Waals surface area contributed by atoms with Gasteiger partial charge in [0.15, 0.2) is 5.03 Å². The van der Waals surface area contributed by atoms with Crippen molar-refractivity contribution in [2.24, 2.45) is 5.14 Å². The molecule has 14 heavy (non-hydrogen) atoms. The van der Waals surface area contributed by atoms with Crippen molar-refractivity contribution >= 4 is 20.8 Å². The highest BCUT2D eigenvalue weighted by molar-refractivity contribution is 7.89. The van der Waals surface area contributed by atoms with E-state index >= 15 is 0 Å². The summed E-state index contributed by atoms with van der Waals surface area (Å²) in [6.45, 7) is 0. The highest BCUT2D eigenvalue weighted by Gasteiger charge is 2.12. The fraction of sp³-hybridized carbons (Fsp3) is 0. The van der Waals surface area contributed by atoms with Crippen LogP contribution < -0.4 is 5.14 Å². The van der Waals surface area contributed by atoms with Crippen LogP contribution in [0.1, 0.15) is 0 Å². The molecule has 4 nitrogen and oxygen atoms in total. The van der Waals surface area contributed by atoms with Crippen LogP contribution in [0.15, 0.2) is 41.6 Å². The monoisotopic (exact) mass is 208 g/mol. The lowest BCUT2D eigenvalue weighted by Gasteiger charge is -2.01. The van der Waals surface area contributed by atoms with Crippen molar-refractivity contribution in [1.82, 2.24) is 4.98 Å². The minimum absolute atomic E-state index is 0.0735. The first-order valence-corrected chi connectivity index (χ1v) is 5.50. The molecular formula is C9H8N2O2S. The lowest BCUT2D eigenvalue weighted by Crippen LogP contribution is -2.14. The Morgan fingerprint density at radius 2 is 1.86 bits per heavy atom. The zero-order valence-corrected chi connectivity index (χ0v) is 8.03. The van der Waals surface area contributed by atoms with Gasteiger partial charge in [-0.05, 0) is 11.5 Å². The van der Waals surface area contributed by atoms with Gasteiger partial charge in [-0.25, -0.2) is 18.5 Å². The second-order valence-corrected chi connectivity index (χ2v) is 4.36. The third-order valence-corrected chi connectivity index (χ3v) is 2.77. The molecule has 1 aromatic heterocycles. The average molecular weight is 208 g/mol. The van der Waals surface area contributed by atoms with Gasteiger partial charge in [-0.2, -0.15) is 0 Å². The Morgan fingerprint density at radius 3 is 2.57 bits per heavy atom. The van der Waals surface area contributed by atoms with E-state index < -0.39 is 10.0 Å². The molecule has 0 aliphatic carbocycles. The summed E-state index contributed by atoms with van der Waals surface area (Å²) in [5.41, 5.74) is 0. The summed E-state index contributed by atoms with van der Waals surface area (Å²) in [6, 6.07) is 8.81. The Balaban J connectivity index is 2.92. The Hall–Kier alpha value is -1.46. The van der Waals surface area contributed by atoms with E-state index in [0.717, 1.165) is 5.39 Å². The quantitative estimate of drug-likeness (QED) is 0.756. The number of fused-ring (bicyclic) bond motifs is 1. The summed E-state index contributed by atoms with van der Waals surface area (Å²) in [6.07, 6.45) is 1.43. The van der Waals surface area contributed by atoms with Crippen LogP contribution in [0.3, 0.4) is 0 Å². The Labute approximate surface area is 81.4 Å². The molecule has 0 saturated carbocycles. The van der Waals surface area contributed by atoms with Crippen molar-refractivity contribution in [3.8, 4) is 0 Å². The molecule has 0 amide bonds. The largest absolute Gasteiger partial charge is 0.256 e. The molecule has 0 unspecified atom stereocenters. The topological polar surface area (TPSA) is 73.1 Å². The predicted molar refractivity (Wildman–Crippen MR) is 53.1 cm³/mol. The van der Waals surface area contributed by atoms with Crippen LogP contribution in [-0.4, -0.2) is 13.4 Å². The fourth-order valence-corrected chi connectivity index (χ4v) is 2.02. The number of pyridine rings is 1. The van der Waals surface area contributed by atoms with Crippen molar-refractivity contribution in [2.75, 3.05) is 0 Å². The molecule has 0 spiro atoms. The summed E-state index contributed by atoms with van der Waals surface area (Å²) in [4.78, 5) is 3.77. The van der Waals surface area contributed by atoms with Crippen molar-refractivity contribution in [1.29, 1.82) is 0 Å². The number of hydrogen-bond donors (Lipinski definition) is 1. The number of aromatic nitrogens is 1. The molecule has 0 bridgehead atoms. The Morgan fingerprint density at radius 1 is 1.14 bits per heavy atom. The number of rotatable bonds is 1. The molecule has 0 aliphatic rings. The van der Waals surface area contributed by atoms with E-state index in [-0.39, 0.29) is 5.03 Å². The van der Waals surface area contributed by atoms with E-state index in [1.54, 1.807) is 18.2 Å². The number of primary sulfonamides is 1.